The van der Waals surface area contributed by atoms with Gasteiger partial charge in [-0.05, 0) is 36.8 Å². The van der Waals surface area contributed by atoms with Crippen LogP contribution in [0.2, 0.25) is 0 Å². The molecule has 4 N–H and O–H groups in total. The van der Waals surface area contributed by atoms with Crippen LogP contribution in [0.1, 0.15) is 43.0 Å². The van der Waals surface area contributed by atoms with Gasteiger partial charge >= 0.3 is 0 Å². The molecule has 19 heavy (non-hydrogen) atoms. The second kappa shape index (κ2) is 6.52. The Labute approximate surface area is 114 Å². The minimum Gasteiger partial charge on any atom is -0.352 e. The number of carbonyl (C=O) groups is 1. The summed E-state index contributed by atoms with van der Waals surface area (Å²) in [6.45, 7) is 3.05. The maximum atomic E-state index is 12.0. The number of pyridine rings is 1. The molecule has 5 heteroatoms. The number of nitrogens with one attached hydrogen (secondary N) is 2. The molecule has 1 aliphatic carbocycles. The summed E-state index contributed by atoms with van der Waals surface area (Å²) in [5.41, 5.74) is 3.01. The van der Waals surface area contributed by atoms with Gasteiger partial charge in [-0.15, -0.1) is 0 Å². The quantitative estimate of drug-likeness (QED) is 0.572. The van der Waals surface area contributed by atoms with Crippen molar-refractivity contribution >= 4 is 11.7 Å². The number of nitrogens with two attached hydrogens (primary N) is 1. The van der Waals surface area contributed by atoms with Gasteiger partial charge in [0.15, 0.2) is 0 Å². The number of hydrogen-bond acceptors (Lipinski definition) is 4. The van der Waals surface area contributed by atoms with E-state index in [1.165, 1.54) is 31.9 Å². The zero-order chi connectivity index (χ0) is 13.7. The number of nitrogens with zero attached hydrogens (tertiary/aromatic N) is 1. The van der Waals surface area contributed by atoms with Gasteiger partial charge in [0.2, 0.25) is 0 Å². The van der Waals surface area contributed by atoms with Crippen LogP contribution in [0.15, 0.2) is 18.3 Å². The van der Waals surface area contributed by atoms with Crippen molar-refractivity contribution < 1.29 is 4.79 Å². The first kappa shape index (κ1) is 13.8. The second-order valence-corrected chi connectivity index (χ2v) is 5.42. The highest BCUT2D eigenvalue weighted by molar-refractivity contribution is 5.94. The van der Waals surface area contributed by atoms with Gasteiger partial charge in [0, 0.05) is 12.7 Å². The molecule has 5 nitrogen and oxygen atoms in total. The predicted octanol–water partition coefficient (Wildman–Crippen LogP) is 1.92. The first-order chi connectivity index (χ1) is 9.19. The summed E-state index contributed by atoms with van der Waals surface area (Å²) < 4.78 is 0. The molecule has 1 aromatic rings. The summed E-state index contributed by atoms with van der Waals surface area (Å²) in [6, 6.07) is 3.42. The summed E-state index contributed by atoms with van der Waals surface area (Å²) in [5.74, 6) is 7.13. The largest absolute Gasteiger partial charge is 0.352 e. The van der Waals surface area contributed by atoms with Crippen LogP contribution >= 0.6 is 0 Å². The third kappa shape index (κ3) is 3.92. The van der Waals surface area contributed by atoms with Crippen molar-refractivity contribution in [2.24, 2.45) is 17.7 Å². The van der Waals surface area contributed by atoms with E-state index in [0.717, 1.165) is 12.5 Å². The molecule has 2 unspecified atom stereocenters. The van der Waals surface area contributed by atoms with Gasteiger partial charge < -0.3 is 10.7 Å². The van der Waals surface area contributed by atoms with Gasteiger partial charge in [-0.2, -0.15) is 0 Å². The summed E-state index contributed by atoms with van der Waals surface area (Å²) in [4.78, 5) is 16.0. The molecule has 0 aromatic carbocycles. The Bertz CT molecular complexity index is 418. The van der Waals surface area contributed by atoms with Gasteiger partial charge in [0.05, 0.1) is 5.56 Å². The molecule has 0 bridgehead atoms. The fraction of sp³-hybridized carbons (Fsp3) is 0.571. The van der Waals surface area contributed by atoms with Crippen molar-refractivity contribution in [3.05, 3.63) is 23.9 Å². The molecular formula is C14H22N4O. The van der Waals surface area contributed by atoms with Crippen LogP contribution in [0.3, 0.4) is 0 Å². The molecule has 104 valence electrons. The Morgan fingerprint density at radius 1 is 1.47 bits per heavy atom. The lowest BCUT2D eigenvalue weighted by Gasteiger charge is -2.26. The number of anilines is 1. The maximum Gasteiger partial charge on any atom is 0.252 e. The molecule has 2 atom stereocenters. The molecule has 1 aliphatic rings. The summed E-state index contributed by atoms with van der Waals surface area (Å²) >= 11 is 0. The van der Waals surface area contributed by atoms with Crippen LogP contribution in [0.5, 0.6) is 0 Å². The summed E-state index contributed by atoms with van der Waals surface area (Å²) in [6.07, 6.45) is 6.57. The highest BCUT2D eigenvalue weighted by Crippen LogP contribution is 2.27. The van der Waals surface area contributed by atoms with Gasteiger partial charge in [-0.3, -0.25) is 4.79 Å². The Balaban J connectivity index is 1.83. The number of amides is 1. The number of hydrazine groups is 1. The zero-order valence-electron chi connectivity index (χ0n) is 11.4. The highest BCUT2D eigenvalue weighted by atomic mass is 16.1. The van der Waals surface area contributed by atoms with E-state index >= 15 is 0 Å². The lowest BCUT2D eigenvalue weighted by atomic mass is 9.82. The first-order valence-corrected chi connectivity index (χ1v) is 6.90. The Kier molecular flexibility index (Phi) is 4.74. The van der Waals surface area contributed by atoms with Crippen molar-refractivity contribution in [1.29, 1.82) is 0 Å². The van der Waals surface area contributed by atoms with E-state index in [1.807, 2.05) is 0 Å². The minimum atomic E-state index is -0.0608. The lowest BCUT2D eigenvalue weighted by Crippen LogP contribution is -2.31. The van der Waals surface area contributed by atoms with Gasteiger partial charge in [0.25, 0.3) is 5.91 Å². The van der Waals surface area contributed by atoms with E-state index in [4.69, 9.17) is 5.84 Å². The van der Waals surface area contributed by atoms with E-state index in [-0.39, 0.29) is 5.91 Å². The molecule has 2 rings (SSSR count). The SMILES string of the molecule is CC1CCCC(CNC(=O)c2ccc(NN)nc2)C1. The Morgan fingerprint density at radius 3 is 2.95 bits per heavy atom. The number of aromatic nitrogens is 1. The first-order valence-electron chi connectivity index (χ1n) is 6.90. The van der Waals surface area contributed by atoms with Crippen molar-refractivity contribution in [3.8, 4) is 0 Å². The molecule has 1 saturated carbocycles. The van der Waals surface area contributed by atoms with E-state index in [1.54, 1.807) is 12.1 Å². The number of rotatable bonds is 4. The molecule has 1 heterocycles. The van der Waals surface area contributed by atoms with E-state index in [9.17, 15) is 4.79 Å². The fourth-order valence-electron chi connectivity index (χ4n) is 2.70. The Morgan fingerprint density at radius 2 is 2.32 bits per heavy atom. The van der Waals surface area contributed by atoms with E-state index < -0.39 is 0 Å². The van der Waals surface area contributed by atoms with Crippen LogP contribution in [-0.4, -0.2) is 17.4 Å². The van der Waals surface area contributed by atoms with Crippen LogP contribution in [0.4, 0.5) is 5.82 Å². The predicted molar refractivity (Wildman–Crippen MR) is 75.5 cm³/mol. The topological polar surface area (TPSA) is 80.0 Å². The highest BCUT2D eigenvalue weighted by Gasteiger charge is 2.19. The third-order valence-electron chi connectivity index (χ3n) is 3.77. The van der Waals surface area contributed by atoms with E-state index in [2.05, 4.69) is 22.7 Å². The average molecular weight is 262 g/mol. The van der Waals surface area contributed by atoms with Crippen LogP contribution in [0.25, 0.3) is 0 Å². The normalized spacial score (nSPS) is 22.8. The molecule has 1 amide bonds. The molecule has 1 aromatic heterocycles. The summed E-state index contributed by atoms with van der Waals surface area (Å²) in [5, 5.41) is 3.00. The standard InChI is InChI=1S/C14H22N4O/c1-10-3-2-4-11(7-10)8-17-14(19)12-5-6-13(18-15)16-9-12/h5-6,9-11H,2-4,7-8,15H2,1H3,(H,16,18)(H,17,19). The number of hydrogen-bond donors (Lipinski definition) is 3. The fourth-order valence-corrected chi connectivity index (χ4v) is 2.70. The molecule has 0 aliphatic heterocycles. The molecule has 0 spiro atoms. The van der Waals surface area contributed by atoms with Crippen LogP contribution < -0.4 is 16.6 Å². The minimum absolute atomic E-state index is 0.0608. The lowest BCUT2D eigenvalue weighted by molar-refractivity contribution is 0.0940. The second-order valence-electron chi connectivity index (χ2n) is 5.42. The Hall–Kier alpha value is -1.62. The van der Waals surface area contributed by atoms with Gasteiger partial charge in [-0.25, -0.2) is 10.8 Å². The van der Waals surface area contributed by atoms with E-state index in [0.29, 0.717) is 17.3 Å². The average Bonchev–Trinajstić information content (AvgIpc) is 2.45. The monoisotopic (exact) mass is 262 g/mol. The van der Waals surface area contributed by atoms with Gasteiger partial charge in [0.1, 0.15) is 5.82 Å². The zero-order valence-corrected chi connectivity index (χ0v) is 11.4. The van der Waals surface area contributed by atoms with Crippen molar-refractivity contribution in [2.45, 2.75) is 32.6 Å². The molecule has 1 fully saturated rings. The van der Waals surface area contributed by atoms with Crippen molar-refractivity contribution in [1.82, 2.24) is 10.3 Å². The number of nitrogen functional groups attached to an aromatic ring is 1. The third-order valence-corrected chi connectivity index (χ3v) is 3.77. The summed E-state index contributed by atoms with van der Waals surface area (Å²) in [7, 11) is 0. The van der Waals surface area contributed by atoms with Gasteiger partial charge in [-0.1, -0.05) is 19.8 Å². The van der Waals surface area contributed by atoms with Crippen molar-refractivity contribution in [2.75, 3.05) is 12.0 Å². The van der Waals surface area contributed by atoms with Crippen molar-refractivity contribution in [3.63, 3.8) is 0 Å². The maximum absolute atomic E-state index is 12.0. The molecule has 0 radical (unpaired) electrons. The van der Waals surface area contributed by atoms with Crippen LogP contribution in [0, 0.1) is 11.8 Å². The number of carbonyl (C=O) groups excluding carboxylic acids is 1. The molecule has 0 saturated heterocycles. The molecular weight excluding hydrogens is 240 g/mol. The van der Waals surface area contributed by atoms with Crippen LogP contribution in [-0.2, 0) is 0 Å². The smallest absolute Gasteiger partial charge is 0.252 e.